The first-order valence-electron chi connectivity index (χ1n) is 4.55. The van der Waals surface area contributed by atoms with E-state index >= 15 is 0 Å². The van der Waals surface area contributed by atoms with Gasteiger partial charge in [0.1, 0.15) is 10.8 Å². The SMILES string of the molecule is CSC1=NC(C)(C)Oc2ccccc21. The van der Waals surface area contributed by atoms with Gasteiger partial charge >= 0.3 is 0 Å². The quantitative estimate of drug-likeness (QED) is 0.652. The van der Waals surface area contributed by atoms with Gasteiger partial charge in [-0.3, -0.25) is 0 Å². The molecule has 0 aliphatic carbocycles. The molecule has 0 aromatic heterocycles. The second kappa shape index (κ2) is 3.31. The Balaban J connectivity index is 2.53. The van der Waals surface area contributed by atoms with E-state index in [1.165, 1.54) is 0 Å². The topological polar surface area (TPSA) is 21.6 Å². The normalized spacial score (nSPS) is 18.1. The minimum atomic E-state index is -0.438. The van der Waals surface area contributed by atoms with Crippen molar-refractivity contribution >= 4 is 16.8 Å². The molecule has 74 valence electrons. The Bertz CT molecular complexity index is 385. The van der Waals surface area contributed by atoms with E-state index in [1.54, 1.807) is 11.8 Å². The van der Waals surface area contributed by atoms with Gasteiger partial charge < -0.3 is 4.74 Å². The van der Waals surface area contributed by atoms with Crippen molar-refractivity contribution in [1.29, 1.82) is 0 Å². The van der Waals surface area contributed by atoms with E-state index in [0.29, 0.717) is 0 Å². The first-order valence-corrected chi connectivity index (χ1v) is 5.77. The Morgan fingerprint density at radius 2 is 2.00 bits per heavy atom. The summed E-state index contributed by atoms with van der Waals surface area (Å²) in [5.74, 6) is 0.928. The average molecular weight is 207 g/mol. The Hall–Kier alpha value is -0.960. The van der Waals surface area contributed by atoms with Crippen LogP contribution >= 0.6 is 11.8 Å². The number of aliphatic imine (C=N–C) groups is 1. The standard InChI is InChI=1S/C11H13NOS/c1-11(2)12-10(14-3)8-6-4-5-7-9(8)13-11/h4-7H,1-3H3. The van der Waals surface area contributed by atoms with Crippen molar-refractivity contribution in [2.45, 2.75) is 19.6 Å². The Morgan fingerprint density at radius 3 is 2.71 bits per heavy atom. The highest BCUT2D eigenvalue weighted by Crippen LogP contribution is 2.32. The molecule has 0 amide bonds. The van der Waals surface area contributed by atoms with E-state index in [1.807, 2.05) is 44.4 Å². The maximum Gasteiger partial charge on any atom is 0.195 e. The monoisotopic (exact) mass is 207 g/mol. The van der Waals surface area contributed by atoms with Gasteiger partial charge in [-0.05, 0) is 32.2 Å². The number of para-hydroxylation sites is 1. The first kappa shape index (κ1) is 9.59. The fourth-order valence-electron chi connectivity index (χ4n) is 1.48. The summed E-state index contributed by atoms with van der Waals surface area (Å²) in [6.45, 7) is 3.94. The molecule has 0 fully saturated rings. The summed E-state index contributed by atoms with van der Waals surface area (Å²) in [4.78, 5) is 4.53. The van der Waals surface area contributed by atoms with Crippen molar-refractivity contribution in [3.05, 3.63) is 29.8 Å². The fraction of sp³-hybridized carbons (Fsp3) is 0.364. The van der Waals surface area contributed by atoms with Crippen LogP contribution in [0.2, 0.25) is 0 Å². The highest BCUT2D eigenvalue weighted by molar-refractivity contribution is 8.13. The molecule has 2 rings (SSSR count). The van der Waals surface area contributed by atoms with E-state index in [2.05, 4.69) is 4.99 Å². The molecule has 1 aliphatic rings. The maximum atomic E-state index is 5.75. The minimum absolute atomic E-state index is 0.438. The molecule has 0 N–H and O–H groups in total. The lowest BCUT2D eigenvalue weighted by atomic mass is 10.1. The lowest BCUT2D eigenvalue weighted by Crippen LogP contribution is -2.31. The molecule has 1 aromatic rings. The zero-order valence-electron chi connectivity index (χ0n) is 8.57. The van der Waals surface area contributed by atoms with Gasteiger partial charge in [-0.15, -0.1) is 11.8 Å². The highest BCUT2D eigenvalue weighted by atomic mass is 32.2. The molecule has 1 aliphatic heterocycles. The van der Waals surface area contributed by atoms with Gasteiger partial charge in [-0.1, -0.05) is 12.1 Å². The summed E-state index contributed by atoms with van der Waals surface area (Å²) in [7, 11) is 0. The third kappa shape index (κ3) is 1.64. The number of benzene rings is 1. The zero-order valence-corrected chi connectivity index (χ0v) is 9.39. The minimum Gasteiger partial charge on any atom is -0.466 e. The van der Waals surface area contributed by atoms with Gasteiger partial charge in [0.2, 0.25) is 0 Å². The predicted octanol–water partition coefficient (Wildman–Crippen LogP) is 2.92. The molecule has 0 bridgehead atoms. The zero-order chi connectivity index (χ0) is 10.2. The number of ether oxygens (including phenoxy) is 1. The molecular weight excluding hydrogens is 194 g/mol. The summed E-state index contributed by atoms with van der Waals surface area (Å²) in [6.07, 6.45) is 2.04. The second-order valence-corrected chi connectivity index (χ2v) is 4.46. The molecule has 1 aromatic carbocycles. The van der Waals surface area contributed by atoms with E-state index in [-0.39, 0.29) is 0 Å². The second-order valence-electron chi connectivity index (χ2n) is 3.67. The fourth-order valence-corrected chi connectivity index (χ4v) is 2.18. The van der Waals surface area contributed by atoms with Crippen molar-refractivity contribution in [2.24, 2.45) is 4.99 Å². The van der Waals surface area contributed by atoms with E-state index in [9.17, 15) is 0 Å². The van der Waals surface area contributed by atoms with Crippen LogP contribution in [-0.4, -0.2) is 17.0 Å². The van der Waals surface area contributed by atoms with Gasteiger partial charge in [-0.2, -0.15) is 0 Å². The van der Waals surface area contributed by atoms with Crippen LogP contribution in [0, 0.1) is 0 Å². The third-order valence-electron chi connectivity index (χ3n) is 2.04. The molecule has 0 saturated carbocycles. The van der Waals surface area contributed by atoms with Gasteiger partial charge in [0.25, 0.3) is 0 Å². The van der Waals surface area contributed by atoms with Crippen molar-refractivity contribution in [1.82, 2.24) is 0 Å². The van der Waals surface area contributed by atoms with Crippen molar-refractivity contribution < 1.29 is 4.74 Å². The largest absolute Gasteiger partial charge is 0.466 e. The van der Waals surface area contributed by atoms with Gasteiger partial charge in [-0.25, -0.2) is 4.99 Å². The number of nitrogens with zero attached hydrogens (tertiary/aromatic N) is 1. The van der Waals surface area contributed by atoms with Crippen molar-refractivity contribution in [2.75, 3.05) is 6.26 Å². The van der Waals surface area contributed by atoms with Gasteiger partial charge in [0.05, 0.1) is 0 Å². The van der Waals surface area contributed by atoms with E-state index < -0.39 is 5.72 Å². The molecule has 0 saturated heterocycles. The lowest BCUT2D eigenvalue weighted by molar-refractivity contribution is 0.116. The highest BCUT2D eigenvalue weighted by Gasteiger charge is 2.26. The van der Waals surface area contributed by atoms with Crippen LogP contribution in [0.15, 0.2) is 29.3 Å². The summed E-state index contributed by atoms with van der Waals surface area (Å²) in [5, 5.41) is 1.05. The summed E-state index contributed by atoms with van der Waals surface area (Å²) < 4.78 is 5.75. The third-order valence-corrected chi connectivity index (χ3v) is 2.74. The van der Waals surface area contributed by atoms with Crippen LogP contribution in [-0.2, 0) is 0 Å². The Kier molecular flexibility index (Phi) is 2.27. The molecule has 2 nitrogen and oxygen atoms in total. The molecule has 14 heavy (non-hydrogen) atoms. The average Bonchev–Trinajstić information content (AvgIpc) is 2.15. The number of thioether (sulfide) groups is 1. The lowest BCUT2D eigenvalue weighted by Gasteiger charge is -2.29. The summed E-state index contributed by atoms with van der Waals surface area (Å²) >= 11 is 1.66. The summed E-state index contributed by atoms with van der Waals surface area (Å²) in [6, 6.07) is 8.02. The molecule has 3 heteroatoms. The number of hydrogen-bond acceptors (Lipinski definition) is 3. The van der Waals surface area contributed by atoms with Crippen molar-refractivity contribution in [3.8, 4) is 5.75 Å². The van der Waals surface area contributed by atoms with E-state index in [0.717, 1.165) is 16.4 Å². The molecule has 0 spiro atoms. The molecule has 0 atom stereocenters. The molecule has 0 radical (unpaired) electrons. The van der Waals surface area contributed by atoms with Gasteiger partial charge in [0.15, 0.2) is 5.72 Å². The maximum absolute atomic E-state index is 5.75. The molecule has 1 heterocycles. The number of fused-ring (bicyclic) bond motifs is 1. The number of hydrogen-bond donors (Lipinski definition) is 0. The van der Waals surface area contributed by atoms with Crippen LogP contribution in [0.5, 0.6) is 5.75 Å². The van der Waals surface area contributed by atoms with Crippen LogP contribution in [0.25, 0.3) is 0 Å². The molecular formula is C11H13NOS. The Labute approximate surface area is 88.4 Å². The number of rotatable bonds is 0. The van der Waals surface area contributed by atoms with Crippen molar-refractivity contribution in [3.63, 3.8) is 0 Å². The summed E-state index contributed by atoms with van der Waals surface area (Å²) in [5.41, 5.74) is 0.659. The first-order chi connectivity index (χ1) is 6.62. The molecule has 0 unspecified atom stereocenters. The van der Waals surface area contributed by atoms with Crippen LogP contribution in [0.1, 0.15) is 19.4 Å². The van der Waals surface area contributed by atoms with Gasteiger partial charge in [0, 0.05) is 5.56 Å². The Morgan fingerprint density at radius 1 is 1.29 bits per heavy atom. The van der Waals surface area contributed by atoms with E-state index in [4.69, 9.17) is 4.74 Å². The van der Waals surface area contributed by atoms with Crippen LogP contribution in [0.4, 0.5) is 0 Å². The smallest absolute Gasteiger partial charge is 0.195 e. The predicted molar refractivity (Wildman–Crippen MR) is 61.2 cm³/mol. The van der Waals surface area contributed by atoms with Crippen LogP contribution in [0.3, 0.4) is 0 Å². The van der Waals surface area contributed by atoms with Crippen LogP contribution < -0.4 is 4.74 Å².